The van der Waals surface area contributed by atoms with Gasteiger partial charge in [-0.2, -0.15) is 0 Å². The van der Waals surface area contributed by atoms with Crippen LogP contribution in [-0.2, 0) is 4.79 Å². The van der Waals surface area contributed by atoms with Crippen LogP contribution in [0.1, 0.15) is 45.4 Å². The minimum atomic E-state index is -0.211. The molecule has 0 aromatic heterocycles. The van der Waals surface area contributed by atoms with Crippen LogP contribution in [0.4, 0.5) is 0 Å². The second-order valence-electron chi connectivity index (χ2n) is 4.39. The van der Waals surface area contributed by atoms with E-state index in [1.54, 1.807) is 0 Å². The Hall–Kier alpha value is -0.570. The number of primary amides is 1. The third-order valence-electron chi connectivity index (χ3n) is 3.42. The van der Waals surface area contributed by atoms with E-state index in [1.165, 1.54) is 38.5 Å². The van der Waals surface area contributed by atoms with Gasteiger partial charge in [0.05, 0.1) is 6.04 Å². The minimum absolute atomic E-state index is 0.127. The van der Waals surface area contributed by atoms with Crippen molar-refractivity contribution in [3.8, 4) is 0 Å². The van der Waals surface area contributed by atoms with Gasteiger partial charge < -0.3 is 5.73 Å². The normalized spacial score (nSPS) is 21.9. The summed E-state index contributed by atoms with van der Waals surface area (Å²) in [4.78, 5) is 13.2. The Kier molecular flexibility index (Phi) is 4.39. The van der Waals surface area contributed by atoms with Gasteiger partial charge in [0, 0.05) is 6.04 Å². The maximum Gasteiger partial charge on any atom is 0.234 e. The van der Waals surface area contributed by atoms with E-state index in [0.717, 1.165) is 0 Å². The molecule has 1 rings (SSSR count). The topological polar surface area (TPSA) is 46.3 Å². The summed E-state index contributed by atoms with van der Waals surface area (Å²) in [7, 11) is 2.02. The zero-order chi connectivity index (χ0) is 10.6. The lowest BCUT2D eigenvalue weighted by atomic mass is 10.1. The molecule has 1 amide bonds. The average Bonchev–Trinajstić information content (AvgIpc) is 2.43. The van der Waals surface area contributed by atoms with Crippen LogP contribution in [0.3, 0.4) is 0 Å². The first kappa shape index (κ1) is 11.5. The summed E-state index contributed by atoms with van der Waals surface area (Å²) in [6, 6.07) is 0.429. The summed E-state index contributed by atoms with van der Waals surface area (Å²) in [5.41, 5.74) is 5.30. The molecular weight excluding hydrogens is 176 g/mol. The molecule has 2 N–H and O–H groups in total. The van der Waals surface area contributed by atoms with Crippen molar-refractivity contribution in [3.63, 3.8) is 0 Å². The molecule has 0 spiro atoms. The molecule has 0 heterocycles. The lowest BCUT2D eigenvalue weighted by molar-refractivity contribution is -0.123. The monoisotopic (exact) mass is 198 g/mol. The molecule has 1 saturated carbocycles. The van der Waals surface area contributed by atoms with Gasteiger partial charge in [0.25, 0.3) is 0 Å². The summed E-state index contributed by atoms with van der Waals surface area (Å²) in [6.07, 6.45) is 7.70. The first-order chi connectivity index (χ1) is 6.63. The molecule has 1 atom stereocenters. The Morgan fingerprint density at radius 1 is 1.29 bits per heavy atom. The Labute approximate surface area is 86.6 Å². The summed E-state index contributed by atoms with van der Waals surface area (Å²) >= 11 is 0. The van der Waals surface area contributed by atoms with Crippen LogP contribution in [-0.4, -0.2) is 29.9 Å². The van der Waals surface area contributed by atoms with Gasteiger partial charge in [0.2, 0.25) is 5.91 Å². The maximum absolute atomic E-state index is 11.0. The molecule has 0 bridgehead atoms. The largest absolute Gasteiger partial charge is 0.368 e. The Bertz CT molecular complexity index is 186. The number of nitrogens with two attached hydrogens (primary N) is 1. The second-order valence-corrected chi connectivity index (χ2v) is 4.39. The number of nitrogens with zero attached hydrogens (tertiary/aromatic N) is 1. The average molecular weight is 198 g/mol. The molecule has 0 aliphatic heterocycles. The van der Waals surface area contributed by atoms with E-state index in [4.69, 9.17) is 5.73 Å². The van der Waals surface area contributed by atoms with Crippen molar-refractivity contribution in [2.24, 2.45) is 5.73 Å². The Morgan fingerprint density at radius 3 is 2.21 bits per heavy atom. The Morgan fingerprint density at radius 2 is 1.79 bits per heavy atom. The van der Waals surface area contributed by atoms with Crippen molar-refractivity contribution < 1.29 is 4.79 Å². The van der Waals surface area contributed by atoms with Crippen LogP contribution in [0, 0.1) is 0 Å². The molecule has 0 radical (unpaired) electrons. The highest BCUT2D eigenvalue weighted by Crippen LogP contribution is 2.22. The fourth-order valence-electron chi connectivity index (χ4n) is 2.18. The van der Waals surface area contributed by atoms with E-state index < -0.39 is 0 Å². The van der Waals surface area contributed by atoms with Crippen LogP contribution in [0.2, 0.25) is 0 Å². The molecule has 3 heteroatoms. The summed E-state index contributed by atoms with van der Waals surface area (Å²) in [6.45, 7) is 1.90. The van der Waals surface area contributed by atoms with E-state index in [2.05, 4.69) is 4.90 Å². The van der Waals surface area contributed by atoms with Gasteiger partial charge in [0.1, 0.15) is 0 Å². The zero-order valence-electron chi connectivity index (χ0n) is 9.33. The van der Waals surface area contributed by atoms with E-state index in [0.29, 0.717) is 6.04 Å². The van der Waals surface area contributed by atoms with Crippen LogP contribution in [0.15, 0.2) is 0 Å². The third kappa shape index (κ3) is 2.98. The lowest BCUT2D eigenvalue weighted by Crippen LogP contribution is -2.45. The van der Waals surface area contributed by atoms with Gasteiger partial charge >= 0.3 is 0 Å². The zero-order valence-corrected chi connectivity index (χ0v) is 9.33. The van der Waals surface area contributed by atoms with Crippen LogP contribution in [0.5, 0.6) is 0 Å². The van der Waals surface area contributed by atoms with Gasteiger partial charge in [-0.3, -0.25) is 9.69 Å². The molecule has 3 nitrogen and oxygen atoms in total. The third-order valence-corrected chi connectivity index (χ3v) is 3.42. The molecule has 1 aliphatic carbocycles. The molecule has 14 heavy (non-hydrogen) atoms. The highest BCUT2D eigenvalue weighted by Gasteiger charge is 2.23. The van der Waals surface area contributed by atoms with Crippen molar-refractivity contribution in [3.05, 3.63) is 0 Å². The molecule has 1 unspecified atom stereocenters. The van der Waals surface area contributed by atoms with Gasteiger partial charge in [0.15, 0.2) is 0 Å². The van der Waals surface area contributed by atoms with Gasteiger partial charge in [-0.1, -0.05) is 25.7 Å². The summed E-state index contributed by atoms with van der Waals surface area (Å²) in [5, 5.41) is 0. The van der Waals surface area contributed by atoms with Gasteiger partial charge in [-0.25, -0.2) is 0 Å². The van der Waals surface area contributed by atoms with Gasteiger partial charge in [-0.05, 0) is 26.8 Å². The predicted octanol–water partition coefficient (Wildman–Crippen LogP) is 1.51. The first-order valence-corrected chi connectivity index (χ1v) is 5.64. The van der Waals surface area contributed by atoms with Crippen molar-refractivity contribution in [1.29, 1.82) is 0 Å². The fraction of sp³-hybridized carbons (Fsp3) is 0.909. The van der Waals surface area contributed by atoms with Crippen LogP contribution < -0.4 is 5.73 Å². The highest BCUT2D eigenvalue weighted by molar-refractivity contribution is 5.79. The summed E-state index contributed by atoms with van der Waals surface area (Å²) < 4.78 is 0. The molecule has 1 fully saturated rings. The van der Waals surface area contributed by atoms with Gasteiger partial charge in [-0.15, -0.1) is 0 Å². The van der Waals surface area contributed by atoms with Crippen LogP contribution >= 0.6 is 0 Å². The molecule has 0 aromatic carbocycles. The van der Waals surface area contributed by atoms with Crippen molar-refractivity contribution in [2.75, 3.05) is 7.05 Å². The van der Waals surface area contributed by atoms with Crippen molar-refractivity contribution in [1.82, 2.24) is 4.90 Å². The molecule has 0 aromatic rings. The lowest BCUT2D eigenvalue weighted by Gasteiger charge is -2.30. The molecule has 0 saturated heterocycles. The number of hydrogen-bond acceptors (Lipinski definition) is 2. The van der Waals surface area contributed by atoms with E-state index in [9.17, 15) is 4.79 Å². The van der Waals surface area contributed by atoms with Crippen molar-refractivity contribution in [2.45, 2.75) is 57.5 Å². The summed E-state index contributed by atoms with van der Waals surface area (Å²) in [5.74, 6) is -0.211. The SMILES string of the molecule is CC(C(N)=O)N(C)C1CCCCCC1. The smallest absolute Gasteiger partial charge is 0.234 e. The molecular formula is C11H22N2O. The Balaban J connectivity index is 2.48. The number of amides is 1. The highest BCUT2D eigenvalue weighted by atomic mass is 16.1. The maximum atomic E-state index is 11.0. The quantitative estimate of drug-likeness (QED) is 0.699. The van der Waals surface area contributed by atoms with E-state index in [1.807, 2.05) is 14.0 Å². The fourth-order valence-corrected chi connectivity index (χ4v) is 2.18. The van der Waals surface area contributed by atoms with Crippen molar-refractivity contribution >= 4 is 5.91 Å². The number of rotatable bonds is 3. The predicted molar refractivity (Wildman–Crippen MR) is 57.9 cm³/mol. The minimum Gasteiger partial charge on any atom is -0.368 e. The molecule has 1 aliphatic rings. The standard InChI is InChI=1S/C11H22N2O/c1-9(11(12)14)13(2)10-7-5-3-4-6-8-10/h9-10H,3-8H2,1-2H3,(H2,12,14). The number of hydrogen-bond donors (Lipinski definition) is 1. The molecule has 82 valence electrons. The first-order valence-electron chi connectivity index (χ1n) is 5.64. The van der Waals surface area contributed by atoms with E-state index >= 15 is 0 Å². The number of carbonyl (C=O) groups excluding carboxylic acids is 1. The second kappa shape index (κ2) is 5.35. The number of likely N-dealkylation sites (N-methyl/N-ethyl adjacent to an activating group) is 1. The number of carbonyl (C=O) groups is 1. The van der Waals surface area contributed by atoms with E-state index in [-0.39, 0.29) is 11.9 Å². The van der Waals surface area contributed by atoms with Crippen LogP contribution in [0.25, 0.3) is 0 Å².